The third-order valence-corrected chi connectivity index (χ3v) is 3.77. The van der Waals surface area contributed by atoms with Crippen molar-refractivity contribution in [2.45, 2.75) is 6.42 Å². The Balaban J connectivity index is 2.01. The zero-order valence-electron chi connectivity index (χ0n) is 10.0. The van der Waals surface area contributed by atoms with E-state index in [2.05, 4.69) is 4.98 Å². The summed E-state index contributed by atoms with van der Waals surface area (Å²) in [7, 11) is 0. The summed E-state index contributed by atoms with van der Waals surface area (Å²) >= 11 is 0. The zero-order valence-corrected chi connectivity index (χ0v) is 10.0. The van der Waals surface area contributed by atoms with Crippen LogP contribution in [0.15, 0.2) is 48.3 Å². The largest absolute Gasteiger partial charge is 0.289 e. The SMILES string of the molecule is O=C1C2=C(C(=O)c3cnccc31)c1ccccc1C2. The molecule has 0 unspecified atom stereocenters. The van der Waals surface area contributed by atoms with Gasteiger partial charge >= 0.3 is 0 Å². The molecule has 1 aromatic heterocycles. The lowest BCUT2D eigenvalue weighted by molar-refractivity contribution is 0.0991. The summed E-state index contributed by atoms with van der Waals surface area (Å²) in [4.78, 5) is 29.0. The van der Waals surface area contributed by atoms with E-state index < -0.39 is 0 Å². The van der Waals surface area contributed by atoms with Gasteiger partial charge < -0.3 is 0 Å². The quantitative estimate of drug-likeness (QED) is 0.718. The van der Waals surface area contributed by atoms with Crippen LogP contribution in [0.4, 0.5) is 0 Å². The molecule has 0 saturated heterocycles. The number of aromatic nitrogens is 1. The molecule has 3 heteroatoms. The number of carbonyl (C=O) groups excluding carboxylic acids is 2. The summed E-state index contributed by atoms with van der Waals surface area (Å²) in [5.41, 5.74) is 4.04. The molecule has 1 heterocycles. The fraction of sp³-hybridized carbons (Fsp3) is 0.0625. The Morgan fingerprint density at radius 2 is 1.74 bits per heavy atom. The number of pyridine rings is 1. The van der Waals surface area contributed by atoms with E-state index >= 15 is 0 Å². The van der Waals surface area contributed by atoms with E-state index in [9.17, 15) is 9.59 Å². The van der Waals surface area contributed by atoms with Crippen LogP contribution in [0.1, 0.15) is 31.8 Å². The zero-order chi connectivity index (χ0) is 13.0. The molecule has 2 aliphatic carbocycles. The maximum Gasteiger partial charge on any atom is 0.196 e. The highest BCUT2D eigenvalue weighted by Crippen LogP contribution is 2.40. The Labute approximate surface area is 109 Å². The number of fused-ring (bicyclic) bond motifs is 3. The number of hydrogen-bond acceptors (Lipinski definition) is 3. The van der Waals surface area contributed by atoms with E-state index in [4.69, 9.17) is 0 Å². The molecule has 90 valence electrons. The molecular formula is C16H9NO2. The fourth-order valence-electron chi connectivity index (χ4n) is 2.88. The lowest BCUT2D eigenvalue weighted by Gasteiger charge is -2.15. The Bertz CT molecular complexity index is 787. The second-order valence-corrected chi connectivity index (χ2v) is 4.77. The van der Waals surface area contributed by atoms with Gasteiger partial charge in [0.05, 0.1) is 5.56 Å². The number of allylic oxidation sites excluding steroid dienone is 2. The van der Waals surface area contributed by atoms with Crippen LogP contribution in [0.2, 0.25) is 0 Å². The minimum absolute atomic E-state index is 0.0387. The highest BCUT2D eigenvalue weighted by Gasteiger charge is 2.37. The van der Waals surface area contributed by atoms with E-state index in [1.807, 2.05) is 24.3 Å². The second kappa shape index (κ2) is 3.48. The first-order valence-electron chi connectivity index (χ1n) is 6.12. The standard InChI is InChI=1S/C16H9NO2/c18-15-11-5-6-17-8-13(11)16(19)14-10-4-2-1-3-9(10)7-12(14)15/h1-6,8H,7H2. The van der Waals surface area contributed by atoms with E-state index in [1.54, 1.807) is 12.3 Å². The second-order valence-electron chi connectivity index (χ2n) is 4.77. The molecule has 0 atom stereocenters. The normalized spacial score (nSPS) is 16.2. The van der Waals surface area contributed by atoms with Crippen LogP contribution in [0.5, 0.6) is 0 Å². The molecule has 4 rings (SSSR count). The van der Waals surface area contributed by atoms with Crippen molar-refractivity contribution in [2.75, 3.05) is 0 Å². The average Bonchev–Trinajstić information content (AvgIpc) is 2.84. The van der Waals surface area contributed by atoms with Crippen molar-refractivity contribution in [3.8, 4) is 0 Å². The first kappa shape index (κ1) is 10.4. The lowest BCUT2D eigenvalue weighted by atomic mass is 9.85. The van der Waals surface area contributed by atoms with Crippen LogP contribution in [0, 0.1) is 0 Å². The smallest absolute Gasteiger partial charge is 0.196 e. The molecule has 2 aliphatic rings. The minimum atomic E-state index is -0.0809. The van der Waals surface area contributed by atoms with Crippen molar-refractivity contribution >= 4 is 17.1 Å². The molecular weight excluding hydrogens is 238 g/mol. The van der Waals surface area contributed by atoms with Gasteiger partial charge in [-0.3, -0.25) is 14.6 Å². The topological polar surface area (TPSA) is 47.0 Å². The predicted octanol–water partition coefficient (Wildman–Crippen LogP) is 2.47. The van der Waals surface area contributed by atoms with Crippen LogP contribution in [-0.4, -0.2) is 16.6 Å². The molecule has 19 heavy (non-hydrogen) atoms. The summed E-state index contributed by atoms with van der Waals surface area (Å²) < 4.78 is 0. The Hall–Kier alpha value is -2.55. The molecule has 2 aromatic rings. The van der Waals surface area contributed by atoms with Gasteiger partial charge in [0, 0.05) is 35.5 Å². The van der Waals surface area contributed by atoms with Crippen LogP contribution in [0.3, 0.4) is 0 Å². The van der Waals surface area contributed by atoms with Crippen molar-refractivity contribution in [1.29, 1.82) is 0 Å². The van der Waals surface area contributed by atoms with Gasteiger partial charge in [-0.1, -0.05) is 24.3 Å². The number of benzene rings is 1. The van der Waals surface area contributed by atoms with Gasteiger partial charge in [-0.05, 0) is 17.2 Å². The lowest BCUT2D eigenvalue weighted by Crippen LogP contribution is -2.19. The Morgan fingerprint density at radius 1 is 0.895 bits per heavy atom. The van der Waals surface area contributed by atoms with Crippen LogP contribution in [-0.2, 0) is 6.42 Å². The minimum Gasteiger partial charge on any atom is -0.289 e. The maximum atomic E-state index is 12.6. The Morgan fingerprint density at radius 3 is 2.63 bits per heavy atom. The highest BCUT2D eigenvalue weighted by molar-refractivity contribution is 6.41. The van der Waals surface area contributed by atoms with E-state index in [1.165, 1.54) is 6.20 Å². The van der Waals surface area contributed by atoms with Gasteiger partial charge in [0.2, 0.25) is 0 Å². The van der Waals surface area contributed by atoms with Gasteiger partial charge in [-0.15, -0.1) is 0 Å². The number of hydrogen-bond donors (Lipinski definition) is 0. The van der Waals surface area contributed by atoms with E-state index in [0.29, 0.717) is 28.7 Å². The van der Waals surface area contributed by atoms with Crippen LogP contribution >= 0.6 is 0 Å². The Kier molecular flexibility index (Phi) is 1.90. The average molecular weight is 247 g/mol. The van der Waals surface area contributed by atoms with Gasteiger partial charge in [0.25, 0.3) is 0 Å². The third kappa shape index (κ3) is 1.24. The summed E-state index contributed by atoms with van der Waals surface area (Å²) in [5.74, 6) is -0.120. The number of carbonyl (C=O) groups is 2. The predicted molar refractivity (Wildman–Crippen MR) is 70.0 cm³/mol. The van der Waals surface area contributed by atoms with Crippen LogP contribution < -0.4 is 0 Å². The molecule has 0 saturated carbocycles. The summed E-state index contributed by atoms with van der Waals surface area (Å²) in [6.07, 6.45) is 3.59. The summed E-state index contributed by atoms with van der Waals surface area (Å²) in [6, 6.07) is 9.33. The van der Waals surface area contributed by atoms with Gasteiger partial charge in [-0.2, -0.15) is 0 Å². The summed E-state index contributed by atoms with van der Waals surface area (Å²) in [5, 5.41) is 0. The molecule has 1 aromatic carbocycles. The number of nitrogens with zero attached hydrogens (tertiary/aromatic N) is 1. The monoisotopic (exact) mass is 247 g/mol. The van der Waals surface area contributed by atoms with E-state index in [0.717, 1.165) is 11.1 Å². The van der Waals surface area contributed by atoms with Crippen molar-refractivity contribution in [3.63, 3.8) is 0 Å². The van der Waals surface area contributed by atoms with Crippen LogP contribution in [0.25, 0.3) is 5.57 Å². The number of Topliss-reactive ketones (excluding diaryl/α,β-unsaturated/α-hetero) is 2. The van der Waals surface area contributed by atoms with Gasteiger partial charge in [-0.25, -0.2) is 0 Å². The molecule has 0 spiro atoms. The van der Waals surface area contributed by atoms with E-state index in [-0.39, 0.29) is 11.6 Å². The number of rotatable bonds is 0. The molecule has 0 bridgehead atoms. The van der Waals surface area contributed by atoms with Gasteiger partial charge in [0.15, 0.2) is 11.6 Å². The molecule has 0 radical (unpaired) electrons. The first-order chi connectivity index (χ1) is 9.27. The van der Waals surface area contributed by atoms with Crippen molar-refractivity contribution in [3.05, 3.63) is 70.6 Å². The molecule has 0 aliphatic heterocycles. The molecule has 0 fully saturated rings. The third-order valence-electron chi connectivity index (χ3n) is 3.77. The number of ketones is 2. The first-order valence-corrected chi connectivity index (χ1v) is 6.12. The van der Waals surface area contributed by atoms with Crippen molar-refractivity contribution < 1.29 is 9.59 Å². The van der Waals surface area contributed by atoms with Gasteiger partial charge in [0.1, 0.15) is 0 Å². The molecule has 0 amide bonds. The van der Waals surface area contributed by atoms with Crippen molar-refractivity contribution in [1.82, 2.24) is 4.98 Å². The van der Waals surface area contributed by atoms with Crippen molar-refractivity contribution in [2.24, 2.45) is 0 Å². The maximum absolute atomic E-state index is 12.6. The molecule has 3 nitrogen and oxygen atoms in total. The molecule has 0 N–H and O–H groups in total. The summed E-state index contributed by atoms with van der Waals surface area (Å²) in [6.45, 7) is 0. The highest BCUT2D eigenvalue weighted by atomic mass is 16.1. The fourth-order valence-corrected chi connectivity index (χ4v) is 2.88.